The zero-order chi connectivity index (χ0) is 16.1. The molecule has 114 valence electrons. The number of anilines is 1. The van der Waals surface area contributed by atoms with Crippen molar-refractivity contribution in [3.63, 3.8) is 0 Å². The van der Waals surface area contributed by atoms with E-state index in [1.165, 1.54) is 0 Å². The van der Waals surface area contributed by atoms with Gasteiger partial charge in [-0.05, 0) is 42.3 Å². The molecule has 2 aromatic rings. The minimum atomic E-state index is -0.267. The molecule has 1 amide bonds. The lowest BCUT2D eigenvalue weighted by atomic mass is 10.1. The van der Waals surface area contributed by atoms with Crippen LogP contribution in [0.1, 0.15) is 15.9 Å². The largest absolute Gasteiger partial charge is 0.496 e. The number of amides is 1. The second kappa shape index (κ2) is 7.34. The predicted molar refractivity (Wildman–Crippen MR) is 91.3 cm³/mol. The van der Waals surface area contributed by atoms with E-state index < -0.39 is 0 Å². The molecule has 1 N–H and O–H groups in total. The smallest absolute Gasteiger partial charge is 0.255 e. The van der Waals surface area contributed by atoms with Crippen molar-refractivity contribution in [3.05, 3.63) is 70.2 Å². The minimum Gasteiger partial charge on any atom is -0.496 e. The van der Waals surface area contributed by atoms with Crippen LogP contribution >= 0.6 is 23.2 Å². The van der Waals surface area contributed by atoms with Crippen molar-refractivity contribution in [2.45, 2.75) is 6.42 Å². The standard InChI is InChI=1S/C17H15Cl2NO2/c1-3-5-11-10-12(8-9-15(11)22-2)17(21)20-14-7-4-6-13(18)16(14)19/h3-4,6-10H,1,5H2,2H3,(H,20,21). The summed E-state index contributed by atoms with van der Waals surface area (Å²) >= 11 is 12.0. The summed E-state index contributed by atoms with van der Waals surface area (Å²) < 4.78 is 5.27. The van der Waals surface area contributed by atoms with Gasteiger partial charge in [-0.25, -0.2) is 0 Å². The fourth-order valence-corrected chi connectivity index (χ4v) is 2.38. The normalized spacial score (nSPS) is 10.1. The molecule has 0 aliphatic heterocycles. The highest BCUT2D eigenvalue weighted by molar-refractivity contribution is 6.44. The third kappa shape index (κ3) is 3.62. The summed E-state index contributed by atoms with van der Waals surface area (Å²) in [6.45, 7) is 3.71. The number of nitrogens with one attached hydrogen (secondary N) is 1. The Hall–Kier alpha value is -1.97. The first-order valence-electron chi connectivity index (χ1n) is 6.60. The Morgan fingerprint density at radius 2 is 2.09 bits per heavy atom. The topological polar surface area (TPSA) is 38.3 Å². The number of carbonyl (C=O) groups is 1. The average molecular weight is 336 g/mol. The van der Waals surface area contributed by atoms with Crippen molar-refractivity contribution in [1.82, 2.24) is 0 Å². The average Bonchev–Trinajstić information content (AvgIpc) is 2.52. The molecule has 5 heteroatoms. The number of benzene rings is 2. The van der Waals surface area contributed by atoms with Gasteiger partial charge in [-0.1, -0.05) is 35.3 Å². The molecule has 0 aromatic heterocycles. The van der Waals surface area contributed by atoms with Gasteiger partial charge in [0.1, 0.15) is 5.75 Å². The molecule has 0 saturated heterocycles. The van der Waals surface area contributed by atoms with E-state index >= 15 is 0 Å². The van der Waals surface area contributed by atoms with Crippen molar-refractivity contribution in [1.29, 1.82) is 0 Å². The Labute approximate surface area is 139 Å². The molecular weight excluding hydrogens is 321 g/mol. The van der Waals surface area contributed by atoms with Crippen molar-refractivity contribution in [3.8, 4) is 5.75 Å². The van der Waals surface area contributed by atoms with Gasteiger partial charge in [0, 0.05) is 5.56 Å². The van der Waals surface area contributed by atoms with Gasteiger partial charge in [-0.3, -0.25) is 4.79 Å². The van der Waals surface area contributed by atoms with Crippen LogP contribution in [0, 0.1) is 0 Å². The van der Waals surface area contributed by atoms with Crippen LogP contribution < -0.4 is 10.1 Å². The van der Waals surface area contributed by atoms with Crippen LogP contribution in [0.5, 0.6) is 5.75 Å². The van der Waals surface area contributed by atoms with Crippen molar-refractivity contribution in [2.75, 3.05) is 12.4 Å². The number of rotatable bonds is 5. The summed E-state index contributed by atoms with van der Waals surface area (Å²) in [6.07, 6.45) is 2.37. The number of hydrogen-bond donors (Lipinski definition) is 1. The first-order chi connectivity index (χ1) is 10.6. The molecule has 0 radical (unpaired) electrons. The molecule has 0 bridgehead atoms. The maximum Gasteiger partial charge on any atom is 0.255 e. The number of ether oxygens (including phenoxy) is 1. The summed E-state index contributed by atoms with van der Waals surface area (Å²) in [7, 11) is 1.59. The van der Waals surface area contributed by atoms with E-state index in [2.05, 4.69) is 11.9 Å². The van der Waals surface area contributed by atoms with Gasteiger partial charge in [0.25, 0.3) is 5.91 Å². The molecule has 0 aliphatic rings. The lowest BCUT2D eigenvalue weighted by molar-refractivity contribution is 0.102. The van der Waals surface area contributed by atoms with E-state index in [0.29, 0.717) is 27.7 Å². The Bertz CT molecular complexity index is 714. The van der Waals surface area contributed by atoms with Crippen LogP contribution in [0.15, 0.2) is 49.1 Å². The SMILES string of the molecule is C=CCc1cc(C(=O)Nc2cccc(Cl)c2Cl)ccc1OC. The zero-order valence-corrected chi connectivity index (χ0v) is 13.5. The zero-order valence-electron chi connectivity index (χ0n) is 12.0. The number of allylic oxidation sites excluding steroid dienone is 1. The van der Waals surface area contributed by atoms with Crippen LogP contribution in [0.25, 0.3) is 0 Å². The van der Waals surface area contributed by atoms with Gasteiger partial charge in [0.15, 0.2) is 0 Å². The van der Waals surface area contributed by atoms with E-state index in [1.807, 2.05) is 0 Å². The van der Waals surface area contributed by atoms with E-state index in [9.17, 15) is 4.79 Å². The molecule has 0 spiro atoms. The lowest BCUT2D eigenvalue weighted by Crippen LogP contribution is -2.12. The van der Waals surface area contributed by atoms with Crippen LogP contribution in [-0.4, -0.2) is 13.0 Å². The highest BCUT2D eigenvalue weighted by Crippen LogP contribution is 2.30. The van der Waals surface area contributed by atoms with E-state index in [-0.39, 0.29) is 5.91 Å². The second-order valence-corrected chi connectivity index (χ2v) is 5.36. The van der Waals surface area contributed by atoms with Gasteiger partial charge < -0.3 is 10.1 Å². The van der Waals surface area contributed by atoms with Gasteiger partial charge in [0.05, 0.1) is 22.8 Å². The molecule has 0 fully saturated rings. The third-order valence-corrected chi connectivity index (χ3v) is 3.93. The monoisotopic (exact) mass is 335 g/mol. The fraction of sp³-hybridized carbons (Fsp3) is 0.118. The van der Waals surface area contributed by atoms with Gasteiger partial charge >= 0.3 is 0 Å². The summed E-state index contributed by atoms with van der Waals surface area (Å²) in [5.41, 5.74) is 1.87. The summed E-state index contributed by atoms with van der Waals surface area (Å²) in [5, 5.41) is 3.46. The van der Waals surface area contributed by atoms with Gasteiger partial charge in [-0.15, -0.1) is 6.58 Å². The number of methoxy groups -OCH3 is 1. The predicted octanol–water partition coefficient (Wildman–Crippen LogP) is 4.98. The second-order valence-electron chi connectivity index (χ2n) is 4.57. The van der Waals surface area contributed by atoms with Crippen molar-refractivity contribution in [2.24, 2.45) is 0 Å². The molecule has 0 heterocycles. The van der Waals surface area contributed by atoms with E-state index in [0.717, 1.165) is 11.3 Å². The fourth-order valence-electron chi connectivity index (χ4n) is 2.03. The Kier molecular flexibility index (Phi) is 5.47. The molecule has 0 aliphatic carbocycles. The minimum absolute atomic E-state index is 0.267. The summed E-state index contributed by atoms with van der Waals surface area (Å²) in [6, 6.07) is 10.3. The number of hydrogen-bond acceptors (Lipinski definition) is 2. The molecular formula is C17H15Cl2NO2. The van der Waals surface area contributed by atoms with E-state index in [1.54, 1.807) is 49.6 Å². The summed E-state index contributed by atoms with van der Waals surface area (Å²) in [4.78, 5) is 12.4. The first-order valence-corrected chi connectivity index (χ1v) is 7.35. The number of halogens is 2. The number of carbonyl (C=O) groups excluding carboxylic acids is 1. The summed E-state index contributed by atoms with van der Waals surface area (Å²) in [5.74, 6) is 0.453. The maximum absolute atomic E-state index is 12.4. The van der Waals surface area contributed by atoms with Crippen LogP contribution in [0.4, 0.5) is 5.69 Å². The highest BCUT2D eigenvalue weighted by atomic mass is 35.5. The first kappa shape index (κ1) is 16.4. The highest BCUT2D eigenvalue weighted by Gasteiger charge is 2.12. The Balaban J connectivity index is 2.27. The van der Waals surface area contributed by atoms with Crippen LogP contribution in [0.2, 0.25) is 10.0 Å². The van der Waals surface area contributed by atoms with Crippen molar-refractivity contribution < 1.29 is 9.53 Å². The van der Waals surface area contributed by atoms with Crippen LogP contribution in [-0.2, 0) is 6.42 Å². The molecule has 3 nitrogen and oxygen atoms in total. The van der Waals surface area contributed by atoms with Gasteiger partial charge in [0.2, 0.25) is 0 Å². The maximum atomic E-state index is 12.4. The molecule has 2 aromatic carbocycles. The van der Waals surface area contributed by atoms with Crippen LogP contribution in [0.3, 0.4) is 0 Å². The van der Waals surface area contributed by atoms with Gasteiger partial charge in [-0.2, -0.15) is 0 Å². The molecule has 22 heavy (non-hydrogen) atoms. The molecule has 0 saturated carbocycles. The van der Waals surface area contributed by atoms with Crippen molar-refractivity contribution >= 4 is 34.8 Å². The Morgan fingerprint density at radius 3 is 2.77 bits per heavy atom. The molecule has 0 atom stereocenters. The lowest BCUT2D eigenvalue weighted by Gasteiger charge is -2.11. The third-order valence-electron chi connectivity index (χ3n) is 3.11. The van der Waals surface area contributed by atoms with E-state index in [4.69, 9.17) is 27.9 Å². The molecule has 2 rings (SSSR count). The molecule has 0 unspecified atom stereocenters. The Morgan fingerprint density at radius 1 is 1.32 bits per heavy atom. The quantitative estimate of drug-likeness (QED) is 0.782.